The highest BCUT2D eigenvalue weighted by molar-refractivity contribution is 6.33. The maximum atomic E-state index is 12.7. The van der Waals surface area contributed by atoms with Gasteiger partial charge in [-0.15, -0.1) is 0 Å². The number of amides is 2. The smallest absolute Gasteiger partial charge is 0.255 e. The van der Waals surface area contributed by atoms with Crippen LogP contribution >= 0.6 is 11.6 Å². The Morgan fingerprint density at radius 2 is 1.56 bits per heavy atom. The second kappa shape index (κ2) is 10.6. The quantitative estimate of drug-likeness (QED) is 0.520. The molecule has 0 aromatic heterocycles. The van der Waals surface area contributed by atoms with Gasteiger partial charge in [0.2, 0.25) is 0 Å². The molecule has 1 saturated heterocycles. The van der Waals surface area contributed by atoms with Crippen LogP contribution in [0.2, 0.25) is 5.02 Å². The molecular formula is C27H28ClN3O3. The summed E-state index contributed by atoms with van der Waals surface area (Å²) in [4.78, 5) is 29.3. The average Bonchev–Trinajstić information content (AvgIpc) is 2.84. The van der Waals surface area contributed by atoms with Crippen molar-refractivity contribution in [3.8, 4) is 5.75 Å². The SMILES string of the molecule is CC(C)Oc1ccc(C(=O)Nc2ccc(N3CCN(C(=O)c4ccccc4)CC3)c(Cl)c2)cc1. The van der Waals surface area contributed by atoms with Gasteiger partial charge in [0.05, 0.1) is 16.8 Å². The van der Waals surface area contributed by atoms with Gasteiger partial charge in [-0.1, -0.05) is 29.8 Å². The van der Waals surface area contributed by atoms with Gasteiger partial charge in [-0.05, 0) is 68.4 Å². The largest absolute Gasteiger partial charge is 0.491 e. The number of carbonyl (C=O) groups excluding carboxylic acids is 2. The zero-order chi connectivity index (χ0) is 24.1. The molecule has 1 fully saturated rings. The van der Waals surface area contributed by atoms with Crippen molar-refractivity contribution in [3.05, 3.63) is 88.9 Å². The molecule has 3 aromatic rings. The van der Waals surface area contributed by atoms with Gasteiger partial charge in [-0.2, -0.15) is 0 Å². The van der Waals surface area contributed by atoms with Gasteiger partial charge in [0.15, 0.2) is 0 Å². The highest BCUT2D eigenvalue weighted by Crippen LogP contribution is 2.30. The van der Waals surface area contributed by atoms with Gasteiger partial charge < -0.3 is 19.9 Å². The van der Waals surface area contributed by atoms with Crippen LogP contribution < -0.4 is 15.0 Å². The molecule has 4 rings (SSSR count). The summed E-state index contributed by atoms with van der Waals surface area (Å²) < 4.78 is 5.62. The molecule has 0 atom stereocenters. The first kappa shape index (κ1) is 23.6. The van der Waals surface area contributed by atoms with Crippen molar-refractivity contribution in [1.29, 1.82) is 0 Å². The molecule has 1 aliphatic rings. The van der Waals surface area contributed by atoms with Crippen LogP contribution in [0.5, 0.6) is 5.75 Å². The first-order valence-electron chi connectivity index (χ1n) is 11.4. The molecule has 0 unspecified atom stereocenters. The first-order valence-corrected chi connectivity index (χ1v) is 11.8. The minimum atomic E-state index is -0.215. The van der Waals surface area contributed by atoms with Gasteiger partial charge in [0.25, 0.3) is 11.8 Å². The molecule has 1 aliphatic heterocycles. The Hall–Kier alpha value is -3.51. The van der Waals surface area contributed by atoms with Gasteiger partial charge in [0.1, 0.15) is 5.75 Å². The predicted molar refractivity (Wildman–Crippen MR) is 136 cm³/mol. The van der Waals surface area contributed by atoms with E-state index in [1.165, 1.54) is 0 Å². The number of anilines is 2. The number of nitrogens with one attached hydrogen (secondary N) is 1. The summed E-state index contributed by atoms with van der Waals surface area (Å²) in [6.07, 6.45) is 0.0765. The van der Waals surface area contributed by atoms with Crippen LogP contribution in [-0.2, 0) is 0 Å². The average molecular weight is 478 g/mol. The summed E-state index contributed by atoms with van der Waals surface area (Å²) in [5, 5.41) is 3.45. The normalized spacial score (nSPS) is 13.6. The van der Waals surface area contributed by atoms with Crippen molar-refractivity contribution < 1.29 is 14.3 Å². The molecule has 0 bridgehead atoms. The Kier molecular flexibility index (Phi) is 7.38. The molecule has 1 heterocycles. The van der Waals surface area contributed by atoms with E-state index in [1.54, 1.807) is 30.3 Å². The van der Waals surface area contributed by atoms with Crippen LogP contribution in [0.15, 0.2) is 72.8 Å². The summed E-state index contributed by atoms with van der Waals surface area (Å²) in [5.41, 5.74) is 2.76. The number of rotatable bonds is 6. The number of piperazine rings is 1. The van der Waals surface area contributed by atoms with Gasteiger partial charge in [-0.25, -0.2) is 0 Å². The molecular weight excluding hydrogens is 450 g/mol. The molecule has 7 heteroatoms. The zero-order valence-corrected chi connectivity index (χ0v) is 20.1. The molecule has 0 radical (unpaired) electrons. The fourth-order valence-electron chi connectivity index (χ4n) is 3.92. The highest BCUT2D eigenvalue weighted by Gasteiger charge is 2.23. The second-order valence-electron chi connectivity index (χ2n) is 8.46. The van der Waals surface area contributed by atoms with Crippen LogP contribution in [0.4, 0.5) is 11.4 Å². The Labute approximate surface area is 205 Å². The van der Waals surface area contributed by atoms with Crippen molar-refractivity contribution in [2.24, 2.45) is 0 Å². The fourth-order valence-corrected chi connectivity index (χ4v) is 4.22. The standard InChI is InChI=1S/C27H28ClN3O3/c1-19(2)34-23-11-8-20(9-12-23)26(32)29-22-10-13-25(24(28)18-22)30-14-16-31(17-15-30)27(33)21-6-4-3-5-7-21/h3-13,18-19H,14-17H2,1-2H3,(H,29,32). The van der Waals surface area contributed by atoms with E-state index in [9.17, 15) is 9.59 Å². The van der Waals surface area contributed by atoms with E-state index in [0.29, 0.717) is 48.0 Å². The Balaban J connectivity index is 1.35. The van der Waals surface area contributed by atoms with E-state index >= 15 is 0 Å². The molecule has 0 saturated carbocycles. The lowest BCUT2D eigenvalue weighted by Gasteiger charge is -2.36. The van der Waals surface area contributed by atoms with Crippen molar-refractivity contribution in [1.82, 2.24) is 4.90 Å². The van der Waals surface area contributed by atoms with Crippen molar-refractivity contribution in [2.45, 2.75) is 20.0 Å². The maximum Gasteiger partial charge on any atom is 0.255 e. The van der Waals surface area contributed by atoms with E-state index in [2.05, 4.69) is 10.2 Å². The lowest BCUT2D eigenvalue weighted by atomic mass is 10.1. The highest BCUT2D eigenvalue weighted by atomic mass is 35.5. The zero-order valence-electron chi connectivity index (χ0n) is 19.3. The van der Waals surface area contributed by atoms with Crippen LogP contribution in [0.25, 0.3) is 0 Å². The van der Waals surface area contributed by atoms with E-state index in [1.807, 2.05) is 61.2 Å². The Morgan fingerprint density at radius 1 is 0.882 bits per heavy atom. The predicted octanol–water partition coefficient (Wildman–Crippen LogP) is 5.34. The number of carbonyl (C=O) groups is 2. The molecule has 34 heavy (non-hydrogen) atoms. The van der Waals surface area contributed by atoms with Gasteiger partial charge in [-0.3, -0.25) is 9.59 Å². The van der Waals surface area contributed by atoms with E-state index in [-0.39, 0.29) is 17.9 Å². The van der Waals surface area contributed by atoms with Crippen molar-refractivity contribution >= 4 is 34.8 Å². The Bertz CT molecular complexity index is 1140. The van der Waals surface area contributed by atoms with Crippen molar-refractivity contribution in [2.75, 3.05) is 36.4 Å². The number of hydrogen-bond donors (Lipinski definition) is 1. The summed E-state index contributed by atoms with van der Waals surface area (Å²) in [6.45, 7) is 6.54. The van der Waals surface area contributed by atoms with E-state index in [4.69, 9.17) is 16.3 Å². The number of ether oxygens (including phenoxy) is 1. The number of benzene rings is 3. The lowest BCUT2D eigenvalue weighted by Crippen LogP contribution is -2.48. The second-order valence-corrected chi connectivity index (χ2v) is 8.86. The summed E-state index contributed by atoms with van der Waals surface area (Å²) >= 11 is 6.57. The monoisotopic (exact) mass is 477 g/mol. The van der Waals surface area contributed by atoms with E-state index < -0.39 is 0 Å². The molecule has 6 nitrogen and oxygen atoms in total. The number of nitrogens with zero attached hydrogens (tertiary/aromatic N) is 2. The molecule has 0 aliphatic carbocycles. The van der Waals surface area contributed by atoms with Crippen LogP contribution in [0.1, 0.15) is 34.6 Å². The van der Waals surface area contributed by atoms with Crippen LogP contribution in [-0.4, -0.2) is 49.0 Å². The minimum absolute atomic E-state index is 0.0493. The molecule has 2 amide bonds. The number of hydrogen-bond acceptors (Lipinski definition) is 4. The third kappa shape index (κ3) is 5.69. The van der Waals surface area contributed by atoms with Crippen LogP contribution in [0.3, 0.4) is 0 Å². The fraction of sp³-hybridized carbons (Fsp3) is 0.259. The molecule has 3 aromatic carbocycles. The topological polar surface area (TPSA) is 61.9 Å². The summed E-state index contributed by atoms with van der Waals surface area (Å²) in [6, 6.07) is 21.9. The van der Waals surface area contributed by atoms with Crippen LogP contribution in [0, 0.1) is 0 Å². The Morgan fingerprint density at radius 3 is 2.18 bits per heavy atom. The number of halogens is 1. The third-order valence-corrected chi connectivity index (χ3v) is 5.92. The molecule has 176 valence electrons. The van der Waals surface area contributed by atoms with Gasteiger partial charge in [0, 0.05) is 43.0 Å². The third-order valence-electron chi connectivity index (χ3n) is 5.62. The lowest BCUT2D eigenvalue weighted by molar-refractivity contribution is 0.0746. The molecule has 1 N–H and O–H groups in total. The molecule has 0 spiro atoms. The minimum Gasteiger partial charge on any atom is -0.491 e. The van der Waals surface area contributed by atoms with Crippen molar-refractivity contribution in [3.63, 3.8) is 0 Å². The van der Waals surface area contributed by atoms with Gasteiger partial charge >= 0.3 is 0 Å². The van der Waals surface area contributed by atoms with E-state index in [0.717, 1.165) is 11.4 Å². The summed E-state index contributed by atoms with van der Waals surface area (Å²) in [7, 11) is 0. The first-order chi connectivity index (χ1) is 16.4. The summed E-state index contributed by atoms with van der Waals surface area (Å²) in [5.74, 6) is 0.561. The maximum absolute atomic E-state index is 12.7.